The molecule has 86 valence electrons. The van der Waals surface area contributed by atoms with Crippen LogP contribution in [0.2, 0.25) is 0 Å². The summed E-state index contributed by atoms with van der Waals surface area (Å²) in [6, 6.07) is 10.5. The first kappa shape index (κ1) is 13.0. The quantitative estimate of drug-likeness (QED) is 0.901. The van der Waals surface area contributed by atoms with Gasteiger partial charge in [0.25, 0.3) is 0 Å². The number of allylic oxidation sites excluding steroid dienone is 2. The van der Waals surface area contributed by atoms with Gasteiger partial charge in [-0.2, -0.15) is 0 Å². The fourth-order valence-electron chi connectivity index (χ4n) is 1.50. The second kappa shape index (κ2) is 7.25. The summed E-state index contributed by atoms with van der Waals surface area (Å²) in [5.74, 6) is 0. The van der Waals surface area contributed by atoms with Gasteiger partial charge in [-0.1, -0.05) is 46.3 Å². The molecule has 0 amide bonds. The molecular formula is C13H16BrNO. The number of benzene rings is 1. The molecule has 0 radical (unpaired) electrons. The lowest BCUT2D eigenvalue weighted by molar-refractivity contribution is 0.399. The van der Waals surface area contributed by atoms with Crippen LogP contribution in [-0.4, -0.2) is 23.7 Å². The summed E-state index contributed by atoms with van der Waals surface area (Å²) >= 11 is 3.51. The second-order valence-corrected chi connectivity index (χ2v) is 4.36. The SMILES string of the molecule is BrC1=CC=CN(Cc2ccccc2)C1.CO. The van der Waals surface area contributed by atoms with Gasteiger partial charge in [-0.15, -0.1) is 0 Å². The van der Waals surface area contributed by atoms with Gasteiger partial charge in [-0.05, 0) is 23.9 Å². The van der Waals surface area contributed by atoms with E-state index in [0.29, 0.717) is 0 Å². The van der Waals surface area contributed by atoms with Gasteiger partial charge in [0.15, 0.2) is 0 Å². The number of halogens is 1. The highest BCUT2D eigenvalue weighted by molar-refractivity contribution is 9.11. The molecule has 0 spiro atoms. The van der Waals surface area contributed by atoms with E-state index in [1.54, 1.807) is 0 Å². The average Bonchev–Trinajstić information content (AvgIpc) is 2.33. The smallest absolute Gasteiger partial charge is 0.0493 e. The summed E-state index contributed by atoms with van der Waals surface area (Å²) in [7, 11) is 1.00. The third kappa shape index (κ3) is 4.21. The molecule has 0 fully saturated rings. The Kier molecular flexibility index (Phi) is 5.90. The van der Waals surface area contributed by atoms with E-state index in [-0.39, 0.29) is 0 Å². The number of aliphatic hydroxyl groups is 1. The molecule has 2 nitrogen and oxygen atoms in total. The molecule has 0 aromatic heterocycles. The molecule has 0 bridgehead atoms. The maximum absolute atomic E-state index is 7.00. The van der Waals surface area contributed by atoms with Gasteiger partial charge in [0.1, 0.15) is 0 Å². The van der Waals surface area contributed by atoms with Crippen LogP contribution < -0.4 is 0 Å². The fraction of sp³-hybridized carbons (Fsp3) is 0.231. The van der Waals surface area contributed by atoms with Crippen molar-refractivity contribution in [3.63, 3.8) is 0 Å². The van der Waals surface area contributed by atoms with Crippen LogP contribution in [-0.2, 0) is 6.54 Å². The van der Waals surface area contributed by atoms with Crippen molar-refractivity contribution in [2.45, 2.75) is 6.54 Å². The predicted molar refractivity (Wildman–Crippen MR) is 71.1 cm³/mol. The maximum atomic E-state index is 7.00. The van der Waals surface area contributed by atoms with Crippen LogP contribution in [0.5, 0.6) is 0 Å². The molecule has 1 aromatic carbocycles. The summed E-state index contributed by atoms with van der Waals surface area (Å²) < 4.78 is 1.23. The van der Waals surface area contributed by atoms with Crippen LogP contribution in [0.3, 0.4) is 0 Å². The van der Waals surface area contributed by atoms with Crippen LogP contribution in [0.25, 0.3) is 0 Å². The van der Waals surface area contributed by atoms with Crippen LogP contribution >= 0.6 is 15.9 Å². The molecule has 16 heavy (non-hydrogen) atoms. The normalized spacial score (nSPS) is 13.9. The summed E-state index contributed by atoms with van der Waals surface area (Å²) in [6.45, 7) is 1.94. The van der Waals surface area contributed by atoms with Crippen molar-refractivity contribution in [2.24, 2.45) is 0 Å². The first-order valence-corrected chi connectivity index (χ1v) is 5.89. The monoisotopic (exact) mass is 281 g/mol. The van der Waals surface area contributed by atoms with E-state index in [1.807, 2.05) is 6.07 Å². The van der Waals surface area contributed by atoms with Crippen molar-refractivity contribution < 1.29 is 5.11 Å². The lowest BCUT2D eigenvalue weighted by atomic mass is 10.2. The first-order valence-electron chi connectivity index (χ1n) is 5.10. The highest BCUT2D eigenvalue weighted by atomic mass is 79.9. The largest absolute Gasteiger partial charge is 0.400 e. The van der Waals surface area contributed by atoms with Crippen molar-refractivity contribution in [3.8, 4) is 0 Å². The highest BCUT2D eigenvalue weighted by Crippen LogP contribution is 2.15. The lowest BCUT2D eigenvalue weighted by Crippen LogP contribution is -2.19. The number of rotatable bonds is 2. The zero-order valence-electron chi connectivity index (χ0n) is 9.31. The van der Waals surface area contributed by atoms with E-state index in [0.717, 1.165) is 20.2 Å². The fourth-order valence-corrected chi connectivity index (χ4v) is 1.97. The second-order valence-electron chi connectivity index (χ2n) is 3.35. The van der Waals surface area contributed by atoms with Crippen molar-refractivity contribution in [2.75, 3.05) is 13.7 Å². The zero-order chi connectivity index (χ0) is 11.8. The van der Waals surface area contributed by atoms with Gasteiger partial charge in [-0.3, -0.25) is 0 Å². The molecule has 2 rings (SSSR count). The van der Waals surface area contributed by atoms with Gasteiger partial charge < -0.3 is 10.0 Å². The van der Waals surface area contributed by atoms with Crippen molar-refractivity contribution in [3.05, 3.63) is 58.7 Å². The third-order valence-electron chi connectivity index (χ3n) is 2.16. The van der Waals surface area contributed by atoms with Crippen molar-refractivity contribution in [1.29, 1.82) is 0 Å². The summed E-state index contributed by atoms with van der Waals surface area (Å²) in [5, 5.41) is 7.00. The predicted octanol–water partition coefficient (Wildman–Crippen LogP) is 2.90. The Morgan fingerprint density at radius 2 is 1.94 bits per heavy atom. The molecular weight excluding hydrogens is 266 g/mol. The van der Waals surface area contributed by atoms with Crippen LogP contribution in [0.4, 0.5) is 0 Å². The van der Waals surface area contributed by atoms with Gasteiger partial charge in [-0.25, -0.2) is 0 Å². The Morgan fingerprint density at radius 1 is 1.25 bits per heavy atom. The topological polar surface area (TPSA) is 23.5 Å². The van der Waals surface area contributed by atoms with E-state index >= 15 is 0 Å². The highest BCUT2D eigenvalue weighted by Gasteiger charge is 2.04. The minimum absolute atomic E-state index is 0.964. The average molecular weight is 282 g/mol. The number of aliphatic hydroxyl groups excluding tert-OH is 1. The van der Waals surface area contributed by atoms with Crippen molar-refractivity contribution >= 4 is 15.9 Å². The minimum atomic E-state index is 0.964. The van der Waals surface area contributed by atoms with Crippen LogP contribution in [0.15, 0.2) is 53.2 Å². The molecule has 0 saturated carbocycles. The lowest BCUT2D eigenvalue weighted by Gasteiger charge is -2.22. The summed E-state index contributed by atoms with van der Waals surface area (Å²) in [6.07, 6.45) is 6.27. The Hall–Kier alpha value is -1.06. The molecule has 1 N–H and O–H groups in total. The summed E-state index contributed by atoms with van der Waals surface area (Å²) in [5.41, 5.74) is 1.35. The number of hydrogen-bond donors (Lipinski definition) is 1. The zero-order valence-corrected chi connectivity index (χ0v) is 10.9. The molecule has 1 aliphatic rings. The van der Waals surface area contributed by atoms with Crippen LogP contribution in [0.1, 0.15) is 5.56 Å². The Balaban J connectivity index is 0.000000606. The van der Waals surface area contributed by atoms with Crippen LogP contribution in [0, 0.1) is 0 Å². The van der Waals surface area contributed by atoms with Crippen molar-refractivity contribution in [1.82, 2.24) is 4.90 Å². The number of nitrogens with zero attached hydrogens (tertiary/aromatic N) is 1. The maximum Gasteiger partial charge on any atom is 0.0493 e. The van der Waals surface area contributed by atoms with E-state index in [9.17, 15) is 0 Å². The number of hydrogen-bond acceptors (Lipinski definition) is 2. The molecule has 3 heteroatoms. The molecule has 1 heterocycles. The molecule has 0 atom stereocenters. The van der Waals surface area contributed by atoms with E-state index in [4.69, 9.17) is 5.11 Å². The van der Waals surface area contributed by atoms with E-state index < -0.39 is 0 Å². The molecule has 1 aromatic rings. The molecule has 0 unspecified atom stereocenters. The standard InChI is InChI=1S/C12H12BrN.CH4O/c13-12-7-4-8-14(10-12)9-11-5-2-1-3-6-11;1-2/h1-8H,9-10H2;2H,1H3. The Labute approximate surface area is 105 Å². The van der Waals surface area contributed by atoms with Gasteiger partial charge in [0.2, 0.25) is 0 Å². The molecule has 0 aliphatic carbocycles. The Bertz CT molecular complexity index is 359. The third-order valence-corrected chi connectivity index (χ3v) is 2.67. The van der Waals surface area contributed by atoms with Gasteiger partial charge >= 0.3 is 0 Å². The van der Waals surface area contributed by atoms with E-state index in [1.165, 1.54) is 10.0 Å². The summed E-state index contributed by atoms with van der Waals surface area (Å²) in [4.78, 5) is 2.28. The minimum Gasteiger partial charge on any atom is -0.400 e. The first-order chi connectivity index (χ1) is 7.84. The van der Waals surface area contributed by atoms with E-state index in [2.05, 4.69) is 63.4 Å². The van der Waals surface area contributed by atoms with Gasteiger partial charge in [0.05, 0.1) is 0 Å². The molecule has 0 saturated heterocycles. The molecule has 1 aliphatic heterocycles. The van der Waals surface area contributed by atoms with Gasteiger partial charge in [0, 0.05) is 24.7 Å². The Morgan fingerprint density at radius 3 is 2.56 bits per heavy atom.